The second kappa shape index (κ2) is 7.56. The number of hydrogen-bond donors (Lipinski definition) is 1. The molecule has 5 nitrogen and oxygen atoms in total. The van der Waals surface area contributed by atoms with Gasteiger partial charge in [0.15, 0.2) is 0 Å². The van der Waals surface area contributed by atoms with Crippen LogP contribution < -0.4 is 5.32 Å². The molecule has 3 aromatic rings. The van der Waals surface area contributed by atoms with Crippen LogP contribution in [0.2, 0.25) is 5.02 Å². The van der Waals surface area contributed by atoms with Crippen LogP contribution in [0.5, 0.6) is 0 Å². The van der Waals surface area contributed by atoms with Crippen molar-refractivity contribution in [3.63, 3.8) is 0 Å². The molecular weight excluding hydrogens is 391 g/mol. The predicted octanol–water partition coefficient (Wildman–Crippen LogP) is 3.90. The highest BCUT2D eigenvalue weighted by molar-refractivity contribution is 7.20. The van der Waals surface area contributed by atoms with Crippen LogP contribution >= 0.6 is 35.3 Å². The lowest BCUT2D eigenvalue weighted by Crippen LogP contribution is -2.52. The van der Waals surface area contributed by atoms with Gasteiger partial charge < -0.3 is 10.2 Å². The lowest BCUT2D eigenvalue weighted by atomic mass is 10.2. The van der Waals surface area contributed by atoms with Crippen LogP contribution in [0.15, 0.2) is 30.3 Å². The van der Waals surface area contributed by atoms with E-state index in [1.54, 1.807) is 0 Å². The first-order valence-corrected chi connectivity index (χ1v) is 9.51. The zero-order valence-electron chi connectivity index (χ0n) is 14.5. The number of carbonyl (C=O) groups is 1. The Bertz CT molecular complexity index is 935. The van der Waals surface area contributed by atoms with Crippen molar-refractivity contribution in [1.29, 1.82) is 0 Å². The number of piperazine rings is 1. The fourth-order valence-electron chi connectivity index (χ4n) is 3.19. The molecule has 0 aliphatic carbocycles. The molecule has 1 aromatic carbocycles. The molecule has 1 aliphatic rings. The molecule has 0 bridgehead atoms. The summed E-state index contributed by atoms with van der Waals surface area (Å²) >= 11 is 7.49. The molecule has 2 aromatic heterocycles. The number of amides is 1. The number of rotatable bonds is 2. The number of nitrogens with zero attached hydrogens (tertiary/aromatic N) is 3. The molecule has 1 fully saturated rings. The normalized spacial score (nSPS) is 17.3. The SMILES string of the molecule is Cc1nn(-c2ccc(Cl)cc2)c2sc(C(=O)N3CCNC[C@@H]3C)cc12.Cl. The van der Waals surface area contributed by atoms with Gasteiger partial charge in [0.1, 0.15) is 4.83 Å². The Labute approximate surface area is 167 Å². The molecule has 0 unspecified atom stereocenters. The maximum absolute atomic E-state index is 12.9. The van der Waals surface area contributed by atoms with Gasteiger partial charge >= 0.3 is 0 Å². The summed E-state index contributed by atoms with van der Waals surface area (Å²) in [4.78, 5) is 16.7. The third-order valence-electron chi connectivity index (χ3n) is 4.59. The molecule has 1 saturated heterocycles. The van der Waals surface area contributed by atoms with Gasteiger partial charge in [0.25, 0.3) is 5.91 Å². The molecule has 4 rings (SSSR count). The molecule has 0 saturated carbocycles. The number of hydrogen-bond acceptors (Lipinski definition) is 4. The molecule has 1 amide bonds. The highest BCUT2D eigenvalue weighted by Crippen LogP contribution is 2.31. The van der Waals surface area contributed by atoms with Gasteiger partial charge in [-0.25, -0.2) is 4.68 Å². The minimum absolute atomic E-state index is 0. The first-order valence-electron chi connectivity index (χ1n) is 8.31. The van der Waals surface area contributed by atoms with Crippen LogP contribution in [-0.2, 0) is 0 Å². The number of halogens is 2. The predicted molar refractivity (Wildman–Crippen MR) is 109 cm³/mol. The Hall–Kier alpha value is -1.60. The van der Waals surface area contributed by atoms with E-state index in [9.17, 15) is 4.79 Å². The second-order valence-corrected chi connectivity index (χ2v) is 7.82. The third kappa shape index (κ3) is 3.34. The van der Waals surface area contributed by atoms with Crippen LogP contribution in [0.4, 0.5) is 0 Å². The number of aromatic nitrogens is 2. The van der Waals surface area contributed by atoms with Crippen LogP contribution in [0.25, 0.3) is 15.9 Å². The van der Waals surface area contributed by atoms with E-state index in [4.69, 9.17) is 11.6 Å². The van der Waals surface area contributed by atoms with Crippen LogP contribution in [0.3, 0.4) is 0 Å². The van der Waals surface area contributed by atoms with E-state index >= 15 is 0 Å². The maximum Gasteiger partial charge on any atom is 0.264 e. The minimum atomic E-state index is 0. The first kappa shape index (κ1) is 19.2. The lowest BCUT2D eigenvalue weighted by molar-refractivity contribution is 0.0661. The number of aryl methyl sites for hydroxylation is 1. The summed E-state index contributed by atoms with van der Waals surface area (Å²) in [5.74, 6) is 0.109. The van der Waals surface area contributed by atoms with E-state index in [0.717, 1.165) is 46.1 Å². The number of carbonyl (C=O) groups excluding carboxylic acids is 1. The summed E-state index contributed by atoms with van der Waals surface area (Å²) in [7, 11) is 0. The number of thiophene rings is 1. The maximum atomic E-state index is 12.9. The van der Waals surface area contributed by atoms with Crippen molar-refractivity contribution < 1.29 is 4.79 Å². The van der Waals surface area contributed by atoms with E-state index in [-0.39, 0.29) is 24.4 Å². The quantitative estimate of drug-likeness (QED) is 0.696. The summed E-state index contributed by atoms with van der Waals surface area (Å²) < 4.78 is 1.89. The summed E-state index contributed by atoms with van der Waals surface area (Å²) in [6, 6.07) is 9.76. The van der Waals surface area contributed by atoms with Gasteiger partial charge in [0.05, 0.1) is 16.3 Å². The zero-order chi connectivity index (χ0) is 17.6. The van der Waals surface area contributed by atoms with E-state index in [1.165, 1.54) is 11.3 Å². The molecule has 1 aliphatic heterocycles. The van der Waals surface area contributed by atoms with Crippen molar-refractivity contribution in [3.05, 3.63) is 45.9 Å². The summed E-state index contributed by atoms with van der Waals surface area (Å²) in [5, 5.41) is 9.67. The van der Waals surface area contributed by atoms with Crippen molar-refractivity contribution >= 4 is 51.5 Å². The molecule has 1 atom stereocenters. The highest BCUT2D eigenvalue weighted by Gasteiger charge is 2.26. The molecule has 138 valence electrons. The summed E-state index contributed by atoms with van der Waals surface area (Å²) in [5.41, 5.74) is 1.87. The molecule has 8 heteroatoms. The van der Waals surface area contributed by atoms with Crippen molar-refractivity contribution in [3.8, 4) is 5.69 Å². The van der Waals surface area contributed by atoms with Crippen molar-refractivity contribution in [2.24, 2.45) is 0 Å². The Balaban J connectivity index is 0.00000196. The van der Waals surface area contributed by atoms with E-state index in [0.29, 0.717) is 5.02 Å². The number of benzene rings is 1. The van der Waals surface area contributed by atoms with Gasteiger partial charge in [-0.15, -0.1) is 23.7 Å². The average Bonchev–Trinajstić information content (AvgIpc) is 3.17. The van der Waals surface area contributed by atoms with Gasteiger partial charge in [0.2, 0.25) is 0 Å². The molecular formula is C18H20Cl2N4OS. The van der Waals surface area contributed by atoms with Gasteiger partial charge in [-0.05, 0) is 44.2 Å². The Morgan fingerprint density at radius 2 is 2.08 bits per heavy atom. The Morgan fingerprint density at radius 3 is 2.77 bits per heavy atom. The number of fused-ring (bicyclic) bond motifs is 1. The van der Waals surface area contributed by atoms with Crippen molar-refractivity contribution in [2.45, 2.75) is 19.9 Å². The summed E-state index contributed by atoms with van der Waals surface area (Å²) in [6.45, 7) is 6.49. The first-order chi connectivity index (χ1) is 12.0. The van der Waals surface area contributed by atoms with Crippen LogP contribution in [0.1, 0.15) is 22.3 Å². The van der Waals surface area contributed by atoms with Crippen molar-refractivity contribution in [1.82, 2.24) is 20.0 Å². The van der Waals surface area contributed by atoms with Gasteiger partial charge in [-0.3, -0.25) is 4.79 Å². The molecule has 0 spiro atoms. The topological polar surface area (TPSA) is 50.2 Å². The average molecular weight is 411 g/mol. The smallest absolute Gasteiger partial charge is 0.264 e. The number of nitrogens with one attached hydrogen (secondary N) is 1. The van der Waals surface area contributed by atoms with Crippen LogP contribution in [-0.4, -0.2) is 46.3 Å². The monoisotopic (exact) mass is 410 g/mol. The standard InChI is InChI=1S/C18H19ClN4OS.ClH/c1-11-10-20-7-8-22(11)17(24)16-9-15-12(2)21-23(18(15)25-16)14-5-3-13(19)4-6-14;/h3-6,9,11,20H,7-8,10H2,1-2H3;1H/t11-;/m0./s1. The molecule has 0 radical (unpaired) electrons. The van der Waals surface area contributed by atoms with Crippen molar-refractivity contribution in [2.75, 3.05) is 19.6 Å². The second-order valence-electron chi connectivity index (χ2n) is 6.35. The van der Waals surface area contributed by atoms with Gasteiger partial charge in [-0.1, -0.05) is 11.6 Å². The van der Waals surface area contributed by atoms with Gasteiger partial charge in [-0.2, -0.15) is 5.10 Å². The largest absolute Gasteiger partial charge is 0.333 e. The van der Waals surface area contributed by atoms with E-state index in [1.807, 2.05) is 46.8 Å². The fourth-order valence-corrected chi connectivity index (χ4v) is 4.46. The Morgan fingerprint density at radius 1 is 1.35 bits per heavy atom. The van der Waals surface area contributed by atoms with E-state index < -0.39 is 0 Å². The fraction of sp³-hybridized carbons (Fsp3) is 0.333. The van der Waals surface area contributed by atoms with E-state index in [2.05, 4.69) is 17.3 Å². The molecule has 1 N–H and O–H groups in total. The third-order valence-corrected chi connectivity index (χ3v) is 5.94. The molecule has 26 heavy (non-hydrogen) atoms. The Kier molecular flexibility index (Phi) is 5.58. The van der Waals surface area contributed by atoms with Gasteiger partial charge in [0, 0.05) is 36.1 Å². The minimum Gasteiger partial charge on any atom is -0.333 e. The molecule has 3 heterocycles. The van der Waals surface area contributed by atoms with Crippen LogP contribution in [0, 0.1) is 6.92 Å². The lowest BCUT2D eigenvalue weighted by Gasteiger charge is -2.33. The summed E-state index contributed by atoms with van der Waals surface area (Å²) in [6.07, 6.45) is 0. The highest BCUT2D eigenvalue weighted by atomic mass is 35.5. The zero-order valence-corrected chi connectivity index (χ0v) is 16.9.